The maximum atomic E-state index is 12.2. The Kier molecular flexibility index (Phi) is 9.04. The molecule has 0 aliphatic carbocycles. The second-order valence-electron chi connectivity index (χ2n) is 5.98. The van der Waals surface area contributed by atoms with Gasteiger partial charge in [0, 0.05) is 18.4 Å². The van der Waals surface area contributed by atoms with E-state index < -0.39 is 23.8 Å². The number of benzene rings is 1. The van der Waals surface area contributed by atoms with Crippen LogP contribution < -0.4 is 11.1 Å². The van der Waals surface area contributed by atoms with Crippen molar-refractivity contribution in [3.05, 3.63) is 42.3 Å². The molecule has 6 nitrogen and oxygen atoms in total. The highest BCUT2D eigenvalue weighted by atomic mass is 16.3. The Morgan fingerprint density at radius 2 is 1.92 bits per heavy atom. The minimum atomic E-state index is -0.768. The number of rotatable bonds is 11. The number of aliphatic hydroxyl groups excluding tert-OH is 2. The number of primary amides is 1. The molecule has 1 aromatic carbocycles. The highest BCUT2D eigenvalue weighted by Gasteiger charge is 2.25. The van der Waals surface area contributed by atoms with Crippen LogP contribution in [0.1, 0.15) is 25.3 Å². The van der Waals surface area contributed by atoms with Gasteiger partial charge in [-0.25, -0.2) is 0 Å². The molecule has 133 valence electrons. The van der Waals surface area contributed by atoms with E-state index in [0.29, 0.717) is 6.42 Å². The van der Waals surface area contributed by atoms with Gasteiger partial charge >= 0.3 is 0 Å². The Balaban J connectivity index is 2.57. The van der Waals surface area contributed by atoms with Crippen LogP contribution in [-0.4, -0.2) is 41.3 Å². The van der Waals surface area contributed by atoms with Gasteiger partial charge < -0.3 is 21.3 Å². The number of aliphatic hydroxyl groups is 2. The lowest BCUT2D eigenvalue weighted by Crippen LogP contribution is -2.37. The molecular weight excluding hydrogens is 308 g/mol. The van der Waals surface area contributed by atoms with E-state index in [-0.39, 0.29) is 31.9 Å². The van der Waals surface area contributed by atoms with Gasteiger partial charge in [0.25, 0.3) is 0 Å². The number of nitrogens with two attached hydrogens (primary N) is 1. The normalized spacial score (nSPS) is 14.6. The first-order valence-electron chi connectivity index (χ1n) is 8.17. The number of carbonyl (C=O) groups excluding carboxylic acids is 2. The van der Waals surface area contributed by atoms with Crippen LogP contribution in [0.3, 0.4) is 0 Å². The summed E-state index contributed by atoms with van der Waals surface area (Å²) in [6.07, 6.45) is 2.05. The third kappa shape index (κ3) is 7.57. The Morgan fingerprint density at radius 1 is 1.25 bits per heavy atom. The van der Waals surface area contributed by atoms with E-state index >= 15 is 0 Å². The zero-order valence-corrected chi connectivity index (χ0v) is 14.0. The van der Waals surface area contributed by atoms with E-state index in [0.717, 1.165) is 5.56 Å². The lowest BCUT2D eigenvalue weighted by Gasteiger charge is -2.21. The van der Waals surface area contributed by atoms with Gasteiger partial charge in [-0.15, -0.1) is 0 Å². The standard InChI is InChI=1S/C18H27N2O4/c1-13(17(19)23)11-15(18(24)20-9-10-21)12-16(22)8-7-14-5-3-2-4-6-14/h2-6,8,13,15-16,21-22H,7,9-12H2,1H3,(H2,19,23)(H,20,24)/t13?,15-,16+/m1/s1. The molecule has 1 rings (SSSR count). The second-order valence-corrected chi connectivity index (χ2v) is 5.98. The lowest BCUT2D eigenvalue weighted by atomic mass is 9.88. The van der Waals surface area contributed by atoms with E-state index in [1.807, 2.05) is 30.3 Å². The fourth-order valence-corrected chi connectivity index (χ4v) is 2.45. The zero-order chi connectivity index (χ0) is 17.9. The molecule has 0 saturated heterocycles. The molecule has 2 amide bonds. The number of nitrogens with one attached hydrogen (secondary N) is 1. The molecule has 0 bridgehead atoms. The number of hydrogen-bond acceptors (Lipinski definition) is 4. The highest BCUT2D eigenvalue weighted by Crippen LogP contribution is 2.20. The Hall–Kier alpha value is -1.92. The first-order valence-corrected chi connectivity index (χ1v) is 8.17. The zero-order valence-electron chi connectivity index (χ0n) is 14.0. The van der Waals surface area contributed by atoms with Crippen molar-refractivity contribution in [2.75, 3.05) is 13.2 Å². The predicted octanol–water partition coefficient (Wildman–Crippen LogP) is 0.421. The molecular formula is C18H27N2O4. The Bertz CT molecular complexity index is 507. The average Bonchev–Trinajstić information content (AvgIpc) is 2.58. The molecule has 1 aromatic rings. The molecule has 0 aliphatic rings. The average molecular weight is 335 g/mol. The minimum Gasteiger partial charge on any atom is -0.395 e. The largest absolute Gasteiger partial charge is 0.395 e. The molecule has 0 aromatic heterocycles. The van der Waals surface area contributed by atoms with Crippen LogP contribution in [0, 0.1) is 18.3 Å². The van der Waals surface area contributed by atoms with Crippen molar-refractivity contribution in [2.45, 2.75) is 32.3 Å². The summed E-state index contributed by atoms with van der Waals surface area (Å²) < 4.78 is 0. The van der Waals surface area contributed by atoms with Crippen molar-refractivity contribution in [1.29, 1.82) is 0 Å². The highest BCUT2D eigenvalue weighted by molar-refractivity contribution is 5.81. The number of amides is 2. The SMILES string of the molecule is CC(C[C@H](C[C@@H](O)[CH]Cc1ccccc1)C(=O)NCCO)C(N)=O. The molecule has 3 atom stereocenters. The maximum absolute atomic E-state index is 12.2. The molecule has 0 saturated carbocycles. The van der Waals surface area contributed by atoms with Gasteiger partial charge in [0.05, 0.1) is 12.7 Å². The summed E-state index contributed by atoms with van der Waals surface area (Å²) >= 11 is 0. The molecule has 1 radical (unpaired) electrons. The second kappa shape index (κ2) is 10.8. The Morgan fingerprint density at radius 3 is 2.50 bits per heavy atom. The monoisotopic (exact) mass is 335 g/mol. The minimum absolute atomic E-state index is 0.143. The molecule has 1 unspecified atom stereocenters. The van der Waals surface area contributed by atoms with E-state index in [4.69, 9.17) is 10.8 Å². The first-order chi connectivity index (χ1) is 11.4. The van der Waals surface area contributed by atoms with Crippen molar-refractivity contribution in [3.8, 4) is 0 Å². The fraction of sp³-hybridized carbons (Fsp3) is 0.500. The molecule has 24 heavy (non-hydrogen) atoms. The van der Waals surface area contributed by atoms with E-state index in [1.54, 1.807) is 13.3 Å². The predicted molar refractivity (Wildman–Crippen MR) is 91.6 cm³/mol. The summed E-state index contributed by atoms with van der Waals surface area (Å²) in [5.74, 6) is -1.76. The Labute approximate surface area is 143 Å². The van der Waals surface area contributed by atoms with Gasteiger partial charge in [-0.2, -0.15) is 0 Å². The summed E-state index contributed by atoms with van der Waals surface area (Å²) in [4.78, 5) is 23.4. The van der Waals surface area contributed by atoms with Gasteiger partial charge in [-0.3, -0.25) is 9.59 Å². The van der Waals surface area contributed by atoms with E-state index in [9.17, 15) is 14.7 Å². The van der Waals surface area contributed by atoms with Gasteiger partial charge in [0.2, 0.25) is 11.8 Å². The van der Waals surface area contributed by atoms with Crippen LogP contribution >= 0.6 is 0 Å². The lowest BCUT2D eigenvalue weighted by molar-refractivity contribution is -0.127. The van der Waals surface area contributed by atoms with Crippen molar-refractivity contribution in [2.24, 2.45) is 17.6 Å². The molecule has 0 heterocycles. The van der Waals surface area contributed by atoms with Crippen molar-refractivity contribution in [1.82, 2.24) is 5.32 Å². The number of carbonyl (C=O) groups is 2. The van der Waals surface area contributed by atoms with E-state index in [2.05, 4.69) is 5.32 Å². The van der Waals surface area contributed by atoms with Crippen molar-refractivity contribution in [3.63, 3.8) is 0 Å². The molecule has 0 spiro atoms. The summed E-state index contributed by atoms with van der Waals surface area (Å²) in [6.45, 7) is 1.64. The molecule has 5 N–H and O–H groups in total. The van der Waals surface area contributed by atoms with E-state index in [1.165, 1.54) is 0 Å². The fourth-order valence-electron chi connectivity index (χ4n) is 2.45. The summed E-state index contributed by atoms with van der Waals surface area (Å²) in [5, 5.41) is 21.6. The summed E-state index contributed by atoms with van der Waals surface area (Å²) in [5.41, 5.74) is 6.34. The quantitative estimate of drug-likeness (QED) is 0.469. The van der Waals surface area contributed by atoms with Crippen LogP contribution in [0.25, 0.3) is 0 Å². The maximum Gasteiger partial charge on any atom is 0.223 e. The van der Waals surface area contributed by atoms with Crippen LogP contribution in [0.2, 0.25) is 0 Å². The molecule has 0 aliphatic heterocycles. The smallest absolute Gasteiger partial charge is 0.223 e. The topological polar surface area (TPSA) is 113 Å². The number of hydrogen-bond donors (Lipinski definition) is 4. The molecule has 6 heteroatoms. The van der Waals surface area contributed by atoms with Gasteiger partial charge in [-0.05, 0) is 31.2 Å². The summed E-state index contributed by atoms with van der Waals surface area (Å²) in [6, 6.07) is 9.70. The van der Waals surface area contributed by atoms with Crippen LogP contribution in [0.4, 0.5) is 0 Å². The van der Waals surface area contributed by atoms with Crippen LogP contribution in [0.15, 0.2) is 30.3 Å². The molecule has 0 fully saturated rings. The van der Waals surface area contributed by atoms with Crippen molar-refractivity contribution < 1.29 is 19.8 Å². The van der Waals surface area contributed by atoms with Gasteiger partial charge in [-0.1, -0.05) is 37.3 Å². The third-order valence-electron chi connectivity index (χ3n) is 3.90. The van der Waals surface area contributed by atoms with Crippen molar-refractivity contribution >= 4 is 11.8 Å². The van der Waals surface area contributed by atoms with Crippen LogP contribution in [-0.2, 0) is 16.0 Å². The van der Waals surface area contributed by atoms with Gasteiger partial charge in [0.15, 0.2) is 0 Å². The van der Waals surface area contributed by atoms with Gasteiger partial charge in [0.1, 0.15) is 0 Å². The summed E-state index contributed by atoms with van der Waals surface area (Å²) in [7, 11) is 0. The van der Waals surface area contributed by atoms with Crippen LogP contribution in [0.5, 0.6) is 0 Å². The first kappa shape index (κ1) is 20.1. The third-order valence-corrected chi connectivity index (χ3v) is 3.90.